The molecule has 9 aliphatic heterocycles. The molecule has 7 amide bonds. The molecule has 0 spiro atoms. The summed E-state index contributed by atoms with van der Waals surface area (Å²) < 4.78 is 112. The van der Waals surface area contributed by atoms with Gasteiger partial charge in [0.25, 0.3) is 32.7 Å². The van der Waals surface area contributed by atoms with E-state index in [9.17, 15) is 67.2 Å². The lowest BCUT2D eigenvalue weighted by atomic mass is 10.0. The van der Waals surface area contributed by atoms with Gasteiger partial charge in [-0.2, -0.15) is 0 Å². The number of H-pyrrole nitrogens is 2. The van der Waals surface area contributed by atoms with Crippen LogP contribution in [0.4, 0.5) is 28.4 Å². The van der Waals surface area contributed by atoms with Gasteiger partial charge in [0.15, 0.2) is 29.5 Å². The first-order chi connectivity index (χ1) is 62.9. The van der Waals surface area contributed by atoms with E-state index in [4.69, 9.17) is 89.8 Å². The van der Waals surface area contributed by atoms with Gasteiger partial charge in [-0.3, -0.25) is 43.4 Å². The number of hydrogen-bond donors (Lipinski definition) is 7. The zero-order valence-corrected chi connectivity index (χ0v) is 79.6. The average molecular weight is 2010 g/mol. The number of benzene rings is 8. The number of nitrogens with zero attached hydrogens (tertiary/aromatic N) is 4. The zero-order chi connectivity index (χ0) is 93.8. The van der Waals surface area contributed by atoms with Crippen LogP contribution in [0.1, 0.15) is 112 Å². The largest absolute Gasteiger partial charge is 0.379 e. The van der Waals surface area contributed by atoms with E-state index < -0.39 is 38.6 Å². The molecule has 0 saturated carbocycles. The van der Waals surface area contributed by atoms with Crippen LogP contribution in [0, 0.1) is 13.8 Å². The van der Waals surface area contributed by atoms with Crippen molar-refractivity contribution in [1.29, 1.82) is 0 Å². The lowest BCUT2D eigenvalue weighted by Crippen LogP contribution is -2.43. The van der Waals surface area contributed by atoms with Gasteiger partial charge in [0.05, 0.1) is 105 Å². The molecule has 2 saturated heterocycles. The van der Waals surface area contributed by atoms with Crippen LogP contribution >= 0.6 is 80.3 Å². The molecule has 2 fully saturated rings. The maximum atomic E-state index is 13.7. The number of amides is 7. The van der Waals surface area contributed by atoms with E-state index in [-0.39, 0.29) is 111 Å². The monoisotopic (exact) mass is 2000 g/mol. The predicted octanol–water partition coefficient (Wildman–Crippen LogP) is 15.4. The minimum Gasteiger partial charge on any atom is -0.379 e. The van der Waals surface area contributed by atoms with Crippen LogP contribution in [0.25, 0.3) is 23.3 Å². The molecule has 690 valence electrons. The number of aromatic amines is 2. The number of halogens is 7. The molecule has 0 radical (unpaired) electrons. The van der Waals surface area contributed by atoms with Gasteiger partial charge >= 0.3 is 0 Å². The molecule has 0 unspecified atom stereocenters. The minimum atomic E-state index is -3.84. The number of aryl methyl sites for hydroxylation is 2. The van der Waals surface area contributed by atoms with Crippen molar-refractivity contribution in [1.82, 2.24) is 29.6 Å². The van der Waals surface area contributed by atoms with Crippen LogP contribution in [-0.2, 0) is 121 Å². The third kappa shape index (κ3) is 22.2. The predicted molar refractivity (Wildman–Crippen MR) is 511 cm³/mol. The molecule has 10 aromatic rings. The number of nitrogens with one attached hydrogen (secondary N) is 7. The number of anilines is 5. The summed E-state index contributed by atoms with van der Waals surface area (Å²) >= 11 is 37.0. The number of rotatable bonds is 18. The summed E-state index contributed by atoms with van der Waals surface area (Å²) in [5.41, 5.74) is 14.2. The van der Waals surface area contributed by atoms with Crippen molar-refractivity contribution in [3.63, 3.8) is 0 Å². The van der Waals surface area contributed by atoms with Gasteiger partial charge in [-0.25, -0.2) is 33.7 Å². The molecule has 0 bridgehead atoms. The smallest absolute Gasteiger partial charge is 0.261 e. The average Bonchev–Trinajstić information content (AvgIpc) is 1.65. The zero-order valence-electron chi connectivity index (χ0n) is 71.1. The highest BCUT2D eigenvalue weighted by Gasteiger charge is 2.36. The van der Waals surface area contributed by atoms with Gasteiger partial charge in [-0.15, -0.1) is 0 Å². The Bertz CT molecular complexity index is 6550. The number of ether oxygens (including phenoxy) is 2. The molecule has 8 aromatic carbocycles. The Morgan fingerprint density at radius 3 is 1.08 bits per heavy atom. The molecule has 28 nitrogen and oxygen atoms in total. The molecule has 0 atom stereocenters. The summed E-state index contributed by atoms with van der Waals surface area (Å²) in [4.78, 5) is 102. The number of fused-ring (bicyclic) bond motifs is 7. The highest BCUT2D eigenvalue weighted by molar-refractivity contribution is 8.13. The van der Waals surface area contributed by atoms with Gasteiger partial charge in [-0.05, 0) is 195 Å². The molecule has 132 heavy (non-hydrogen) atoms. The summed E-state index contributed by atoms with van der Waals surface area (Å²) in [6.45, 7) is 14.4. The molecular formula is C93H88Cl7N11O17S4. The second kappa shape index (κ2) is 40.9. The molecule has 0 aliphatic carbocycles. The molecule has 7 N–H and O–H groups in total. The summed E-state index contributed by atoms with van der Waals surface area (Å²) in [5.74, 6) is -1.93. The second-order valence-electron chi connectivity index (χ2n) is 32.5. The minimum absolute atomic E-state index is 0.0120. The van der Waals surface area contributed by atoms with Crippen molar-refractivity contribution in [3.05, 3.63) is 271 Å². The van der Waals surface area contributed by atoms with E-state index >= 15 is 0 Å². The van der Waals surface area contributed by atoms with Gasteiger partial charge in [0, 0.05) is 185 Å². The first-order valence-corrected chi connectivity index (χ1v) is 51.6. The first-order valence-electron chi connectivity index (χ1n) is 42.1. The van der Waals surface area contributed by atoms with Crippen molar-refractivity contribution < 1.29 is 76.7 Å². The quantitative estimate of drug-likeness (QED) is 0.0310. The van der Waals surface area contributed by atoms with Crippen LogP contribution in [0.5, 0.6) is 0 Å². The van der Waals surface area contributed by atoms with Gasteiger partial charge in [-0.1, -0.05) is 106 Å². The number of morpholine rings is 2. The van der Waals surface area contributed by atoms with Crippen molar-refractivity contribution in [2.75, 3.05) is 118 Å². The van der Waals surface area contributed by atoms with Gasteiger partial charge in [0.2, 0.25) is 17.7 Å². The van der Waals surface area contributed by atoms with E-state index in [0.717, 1.165) is 98.7 Å². The summed E-state index contributed by atoms with van der Waals surface area (Å²) in [7, 11) is -9.83. The molecule has 9 aliphatic rings. The Morgan fingerprint density at radius 2 is 0.705 bits per heavy atom. The number of carbonyl (C=O) groups is 7. The maximum absolute atomic E-state index is 13.7. The second-order valence-corrected chi connectivity index (χ2v) is 43.4. The molecular weight excluding hydrogens is 1920 g/mol. The van der Waals surface area contributed by atoms with E-state index in [1.54, 1.807) is 84.9 Å². The lowest BCUT2D eigenvalue weighted by molar-refractivity contribution is -0.115. The van der Waals surface area contributed by atoms with Gasteiger partial charge < -0.3 is 55.8 Å². The van der Waals surface area contributed by atoms with Crippen molar-refractivity contribution in [3.8, 4) is 0 Å². The fourth-order valence-corrected chi connectivity index (χ4v) is 23.8. The standard InChI is InChI=1S/2C31H32Cl2N4O5S.C15H11Cl2NO3S.C8H6ClNO3S.C8H7NO/c2*1-19-28(34-27-6-3-9-37(31(39)29(19)27)11-10-36-12-14-42-15-13-36)17-22-21-16-20(7-8-26(21)35-30(22)38)43(40,41)18-23-24(32)4-2-5-25(23)33;16-12-2-1-3-13(17)11(12)8-22(20,21)10-4-5-14-9(6-10)7-15(19)18-14;9-14(12,13)6-1-2-7-5(3-6)4-8(11)10-7;10-8-5-6-3-1-2-4-7(6)9-8/h2*2,4-5,7-8,16-17,34H,3,6,9-15,18H2,1H3,(H,35,38);1-6H,7-8H2,(H,18,19);1-3H,4H2,(H,10,11);1-4H,5H2,(H,9,10)/b2*22-17-;;;. The SMILES string of the molecule is Cc1c(/C=C2\C(=O)Nc3ccc(S(=O)(=O)Cc4c(Cl)cccc4Cl)cc32)[nH]c2c1C(=O)N(CCN1CCOCC1)CCC2.Cc1c(/C=C2\C(=O)Nc3ccc(S(=O)(=O)Cc4c(Cl)cccc4Cl)cc32)[nH]c2c1C(=O)N(CCN1CCOCC1)CCC2.O=C1Cc2cc(S(=O)(=O)Cc3c(Cl)cccc3Cl)ccc2N1.O=C1Cc2cc(S(=O)(=O)Cl)ccc2N1.O=C1Cc2ccccc2N1. The third-order valence-electron chi connectivity index (χ3n) is 23.7. The summed E-state index contributed by atoms with van der Waals surface area (Å²) in [6, 6.07) is 40.3. The van der Waals surface area contributed by atoms with E-state index in [1.807, 2.05) is 47.9 Å². The molecule has 11 heterocycles. The third-order valence-corrected chi connectivity index (χ3v) is 32.1. The van der Waals surface area contributed by atoms with Gasteiger partial charge in [0.1, 0.15) is 0 Å². The number of aromatic nitrogens is 2. The fraction of sp³-hybridized carbons (Fsp3) is 0.280. The Kier molecular flexibility index (Phi) is 29.9. The highest BCUT2D eigenvalue weighted by Crippen LogP contribution is 2.42. The normalized spacial score (nSPS) is 17.1. The summed E-state index contributed by atoms with van der Waals surface area (Å²) in [6.07, 6.45) is 7.44. The Hall–Kier alpha value is -10.2. The highest BCUT2D eigenvalue weighted by atomic mass is 35.7. The summed E-state index contributed by atoms with van der Waals surface area (Å²) in [5, 5.41) is 15.4. The van der Waals surface area contributed by atoms with E-state index in [0.29, 0.717) is 164 Å². The van der Waals surface area contributed by atoms with Crippen LogP contribution in [0.3, 0.4) is 0 Å². The number of sulfone groups is 3. The topological polar surface area (TPSA) is 379 Å². The Morgan fingerprint density at radius 1 is 0.371 bits per heavy atom. The van der Waals surface area contributed by atoms with Crippen molar-refractivity contribution in [2.24, 2.45) is 0 Å². The Labute approximate surface area is 797 Å². The molecule has 39 heteroatoms. The van der Waals surface area contributed by atoms with Crippen molar-refractivity contribution in [2.45, 2.75) is 95.6 Å². The van der Waals surface area contributed by atoms with Crippen LogP contribution < -0.4 is 26.6 Å². The molecule has 2 aromatic heterocycles. The van der Waals surface area contributed by atoms with Crippen LogP contribution in [0.15, 0.2) is 171 Å². The lowest BCUT2D eigenvalue weighted by Gasteiger charge is -2.29. The molecule has 19 rings (SSSR count). The number of para-hydroxylation sites is 1. The maximum Gasteiger partial charge on any atom is 0.261 e. The number of carbonyl (C=O) groups excluding carboxylic acids is 7. The first kappa shape index (κ1) is 96.3. The fourth-order valence-electron chi connectivity index (χ4n) is 16.7. The van der Waals surface area contributed by atoms with Crippen molar-refractivity contribution >= 4 is 212 Å². The van der Waals surface area contributed by atoms with Crippen LogP contribution in [0.2, 0.25) is 30.1 Å². The van der Waals surface area contributed by atoms with E-state index in [1.165, 1.54) is 54.6 Å². The van der Waals surface area contributed by atoms with E-state index in [2.05, 4.69) is 46.4 Å². The Balaban J connectivity index is 0.000000138. The van der Waals surface area contributed by atoms with Crippen LogP contribution in [-0.4, -0.2) is 196 Å². The number of hydrogen-bond acceptors (Lipinski definition) is 19.